The minimum absolute atomic E-state index is 0.0500. The Morgan fingerprint density at radius 1 is 1.00 bits per heavy atom. The predicted molar refractivity (Wildman–Crippen MR) is 82.9 cm³/mol. The van der Waals surface area contributed by atoms with Crippen LogP contribution in [-0.4, -0.2) is 16.0 Å². The summed E-state index contributed by atoms with van der Waals surface area (Å²) in [7, 11) is 0. The summed E-state index contributed by atoms with van der Waals surface area (Å²) in [6.45, 7) is 1.96. The second kappa shape index (κ2) is 6.93. The summed E-state index contributed by atoms with van der Waals surface area (Å²) in [4.78, 5) is 12.3. The lowest BCUT2D eigenvalue weighted by Crippen LogP contribution is -2.03. The molecule has 0 aliphatic heterocycles. The zero-order valence-corrected chi connectivity index (χ0v) is 12.2. The number of rotatable bonds is 6. The summed E-state index contributed by atoms with van der Waals surface area (Å²) in [5.74, 6) is -0.127. The number of Topliss-reactive ketones (excluding diaryl/α,β-unsaturated/α-hetero) is 1. The van der Waals surface area contributed by atoms with Crippen molar-refractivity contribution < 1.29 is 15.0 Å². The minimum Gasteiger partial charge on any atom is -0.508 e. The van der Waals surface area contributed by atoms with E-state index in [1.807, 2.05) is 37.3 Å². The topological polar surface area (TPSA) is 57.5 Å². The molecule has 21 heavy (non-hydrogen) atoms. The Morgan fingerprint density at radius 2 is 1.71 bits per heavy atom. The highest BCUT2D eigenvalue weighted by atomic mass is 16.3. The number of hydrogen-bond acceptors (Lipinski definition) is 3. The van der Waals surface area contributed by atoms with Crippen molar-refractivity contribution in [1.82, 2.24) is 0 Å². The van der Waals surface area contributed by atoms with E-state index in [1.54, 1.807) is 0 Å². The van der Waals surface area contributed by atoms with Gasteiger partial charge in [0.2, 0.25) is 0 Å². The maximum Gasteiger partial charge on any atom is 0.166 e. The van der Waals surface area contributed by atoms with Crippen molar-refractivity contribution in [1.29, 1.82) is 0 Å². The van der Waals surface area contributed by atoms with Crippen LogP contribution in [0.3, 0.4) is 0 Å². The molecule has 0 atom stereocenters. The standard InChI is InChI=1S/C18H20O3/c1-2-6-14-17(20)12-10-15(18(14)21)16(19)11-9-13-7-4-3-5-8-13/h3-5,7-8,10,12,20-21H,2,6,9,11H2,1H3. The molecule has 0 saturated heterocycles. The van der Waals surface area contributed by atoms with Crippen LogP contribution in [0.25, 0.3) is 0 Å². The van der Waals surface area contributed by atoms with Gasteiger partial charge in [-0.1, -0.05) is 43.7 Å². The van der Waals surface area contributed by atoms with Crippen LogP contribution in [0, 0.1) is 0 Å². The van der Waals surface area contributed by atoms with Crippen LogP contribution in [0.1, 0.15) is 41.3 Å². The van der Waals surface area contributed by atoms with Crippen LogP contribution in [0.4, 0.5) is 0 Å². The van der Waals surface area contributed by atoms with Crippen LogP contribution in [-0.2, 0) is 12.8 Å². The number of benzene rings is 2. The molecule has 0 spiro atoms. The molecule has 0 saturated carbocycles. The fourth-order valence-electron chi connectivity index (χ4n) is 2.38. The van der Waals surface area contributed by atoms with Gasteiger partial charge in [-0.15, -0.1) is 0 Å². The molecule has 2 aromatic rings. The molecule has 110 valence electrons. The van der Waals surface area contributed by atoms with Crippen molar-refractivity contribution >= 4 is 5.78 Å². The van der Waals surface area contributed by atoms with Crippen LogP contribution < -0.4 is 0 Å². The Balaban J connectivity index is 2.14. The van der Waals surface area contributed by atoms with Gasteiger partial charge in [0.05, 0.1) is 5.56 Å². The normalized spacial score (nSPS) is 10.5. The largest absolute Gasteiger partial charge is 0.508 e. The highest BCUT2D eigenvalue weighted by Gasteiger charge is 2.16. The molecule has 2 N–H and O–H groups in total. The first-order valence-corrected chi connectivity index (χ1v) is 7.24. The van der Waals surface area contributed by atoms with Crippen molar-refractivity contribution in [2.45, 2.75) is 32.6 Å². The third-order valence-corrected chi connectivity index (χ3v) is 3.54. The molecule has 0 fully saturated rings. The Labute approximate surface area is 124 Å². The van der Waals surface area contributed by atoms with E-state index in [1.165, 1.54) is 12.1 Å². The highest BCUT2D eigenvalue weighted by Crippen LogP contribution is 2.32. The Hall–Kier alpha value is -2.29. The number of phenolic OH excluding ortho intramolecular Hbond substituents is 2. The molecule has 0 aliphatic carbocycles. The smallest absolute Gasteiger partial charge is 0.166 e. The first kappa shape index (κ1) is 15.1. The highest BCUT2D eigenvalue weighted by molar-refractivity contribution is 5.99. The maximum absolute atomic E-state index is 12.3. The number of phenols is 2. The molecule has 0 bridgehead atoms. The number of carbonyl (C=O) groups excluding carboxylic acids is 1. The van der Waals surface area contributed by atoms with E-state index >= 15 is 0 Å². The van der Waals surface area contributed by atoms with Gasteiger partial charge in [0.1, 0.15) is 11.5 Å². The van der Waals surface area contributed by atoms with Crippen LogP contribution >= 0.6 is 0 Å². The summed E-state index contributed by atoms with van der Waals surface area (Å²) in [5.41, 5.74) is 1.85. The molecular weight excluding hydrogens is 264 g/mol. The zero-order valence-electron chi connectivity index (χ0n) is 12.2. The Morgan fingerprint density at radius 3 is 2.38 bits per heavy atom. The van der Waals surface area contributed by atoms with E-state index in [9.17, 15) is 15.0 Å². The quantitative estimate of drug-likeness (QED) is 0.792. The average Bonchev–Trinajstić information content (AvgIpc) is 2.50. The third kappa shape index (κ3) is 3.63. The van der Waals surface area contributed by atoms with Gasteiger partial charge in [-0.3, -0.25) is 4.79 Å². The molecule has 0 unspecified atom stereocenters. The Bertz CT molecular complexity index is 618. The predicted octanol–water partition coefficient (Wildman–Crippen LogP) is 3.87. The number of carbonyl (C=O) groups is 1. The van der Waals surface area contributed by atoms with Gasteiger partial charge in [-0.2, -0.15) is 0 Å². The van der Waals surface area contributed by atoms with Gasteiger partial charge in [0.15, 0.2) is 5.78 Å². The number of ketones is 1. The minimum atomic E-state index is -0.103. The maximum atomic E-state index is 12.3. The summed E-state index contributed by atoms with van der Waals surface area (Å²) >= 11 is 0. The Kier molecular flexibility index (Phi) is 4.99. The van der Waals surface area contributed by atoms with Crippen molar-refractivity contribution in [2.75, 3.05) is 0 Å². The van der Waals surface area contributed by atoms with Crippen molar-refractivity contribution in [3.63, 3.8) is 0 Å². The zero-order chi connectivity index (χ0) is 15.2. The summed E-state index contributed by atoms with van der Waals surface area (Å²) in [6, 6.07) is 12.8. The molecule has 0 amide bonds. The molecular formula is C18H20O3. The van der Waals surface area contributed by atoms with Gasteiger partial charge in [-0.25, -0.2) is 0 Å². The molecule has 0 aromatic heterocycles. The fraction of sp³-hybridized carbons (Fsp3) is 0.278. The van der Waals surface area contributed by atoms with Gasteiger partial charge in [-0.05, 0) is 30.5 Å². The second-order valence-electron chi connectivity index (χ2n) is 5.12. The summed E-state index contributed by atoms with van der Waals surface area (Å²) in [5, 5.41) is 20.0. The second-order valence-corrected chi connectivity index (χ2v) is 5.12. The summed E-state index contributed by atoms with van der Waals surface area (Å²) < 4.78 is 0. The fourth-order valence-corrected chi connectivity index (χ4v) is 2.38. The van der Waals surface area contributed by atoms with E-state index in [2.05, 4.69) is 0 Å². The molecule has 0 aliphatic rings. The lowest BCUT2D eigenvalue weighted by molar-refractivity contribution is 0.0980. The molecule has 0 heterocycles. The van der Waals surface area contributed by atoms with Crippen LogP contribution in [0.15, 0.2) is 42.5 Å². The average molecular weight is 284 g/mol. The number of hydrogen-bond donors (Lipinski definition) is 2. The molecule has 3 heteroatoms. The monoisotopic (exact) mass is 284 g/mol. The van der Waals surface area contributed by atoms with Crippen molar-refractivity contribution in [3.05, 3.63) is 59.2 Å². The SMILES string of the molecule is CCCc1c(O)ccc(C(=O)CCc2ccccc2)c1O. The van der Waals surface area contributed by atoms with Gasteiger partial charge in [0, 0.05) is 12.0 Å². The van der Waals surface area contributed by atoms with Gasteiger partial charge >= 0.3 is 0 Å². The lowest BCUT2D eigenvalue weighted by Gasteiger charge is -2.10. The van der Waals surface area contributed by atoms with E-state index in [-0.39, 0.29) is 17.3 Å². The van der Waals surface area contributed by atoms with Crippen LogP contribution in [0.5, 0.6) is 11.5 Å². The molecule has 0 radical (unpaired) electrons. The number of aryl methyl sites for hydroxylation is 1. The van der Waals surface area contributed by atoms with Gasteiger partial charge in [0.25, 0.3) is 0 Å². The van der Waals surface area contributed by atoms with Crippen molar-refractivity contribution in [2.24, 2.45) is 0 Å². The molecule has 2 rings (SSSR count). The molecule has 2 aromatic carbocycles. The van der Waals surface area contributed by atoms with E-state index in [0.717, 1.165) is 12.0 Å². The van der Waals surface area contributed by atoms with E-state index in [0.29, 0.717) is 30.4 Å². The van der Waals surface area contributed by atoms with Crippen LogP contribution in [0.2, 0.25) is 0 Å². The van der Waals surface area contributed by atoms with Gasteiger partial charge < -0.3 is 10.2 Å². The van der Waals surface area contributed by atoms with E-state index < -0.39 is 0 Å². The lowest BCUT2D eigenvalue weighted by atomic mass is 9.97. The van der Waals surface area contributed by atoms with E-state index in [4.69, 9.17) is 0 Å². The van der Waals surface area contributed by atoms with Crippen molar-refractivity contribution in [3.8, 4) is 11.5 Å². The first-order chi connectivity index (χ1) is 10.1. The first-order valence-electron chi connectivity index (χ1n) is 7.24. The molecule has 3 nitrogen and oxygen atoms in total. The summed E-state index contributed by atoms with van der Waals surface area (Å²) in [6.07, 6.45) is 2.33. The third-order valence-electron chi connectivity index (χ3n) is 3.54. The number of aromatic hydroxyl groups is 2.